The number of hydrogen-bond donors (Lipinski definition) is 1. The largest absolute Gasteiger partial charge is 0.325 e. The van der Waals surface area contributed by atoms with E-state index < -0.39 is 0 Å². The number of rotatable bonds is 1. The van der Waals surface area contributed by atoms with Crippen LogP contribution in [0.3, 0.4) is 0 Å². The third-order valence-electron chi connectivity index (χ3n) is 4.27. The number of halogens is 1. The molecule has 2 heterocycles. The fourth-order valence-electron chi connectivity index (χ4n) is 2.79. The molecule has 1 aliphatic heterocycles. The Morgan fingerprint density at radius 2 is 2.11 bits per heavy atom. The first-order valence-corrected chi connectivity index (χ1v) is 7.22. The smallest absolute Gasteiger partial charge is 0.321 e. The van der Waals surface area contributed by atoms with Gasteiger partial charge in [-0.25, -0.2) is 9.78 Å². The number of nitrogens with zero attached hydrogens (tertiary/aromatic N) is 2. The van der Waals surface area contributed by atoms with Crippen molar-refractivity contribution in [1.82, 2.24) is 9.88 Å². The molecule has 3 rings (SSSR count). The maximum absolute atomic E-state index is 12.2. The number of urea groups is 1. The standard InChI is InChI=1S/C14H18ClN3O/c15-12-3-2-11(10-16-12)17-13(19)18-8-1-4-14(5-6-14)7-9-18/h2-3,10H,1,4-9H2,(H,17,19). The van der Waals surface area contributed by atoms with Gasteiger partial charge in [-0.1, -0.05) is 11.6 Å². The van der Waals surface area contributed by atoms with Crippen molar-refractivity contribution in [3.8, 4) is 0 Å². The summed E-state index contributed by atoms with van der Waals surface area (Å²) in [5, 5.41) is 3.31. The van der Waals surface area contributed by atoms with Crippen molar-refractivity contribution in [1.29, 1.82) is 0 Å². The van der Waals surface area contributed by atoms with Crippen LogP contribution < -0.4 is 5.32 Å². The van der Waals surface area contributed by atoms with Crippen LogP contribution in [0.4, 0.5) is 10.5 Å². The van der Waals surface area contributed by atoms with Gasteiger partial charge >= 0.3 is 6.03 Å². The van der Waals surface area contributed by atoms with Gasteiger partial charge < -0.3 is 10.2 Å². The molecule has 0 aromatic carbocycles. The van der Waals surface area contributed by atoms with Crippen LogP contribution in [0.25, 0.3) is 0 Å². The number of pyridine rings is 1. The maximum Gasteiger partial charge on any atom is 0.321 e. The zero-order valence-electron chi connectivity index (χ0n) is 10.9. The summed E-state index contributed by atoms with van der Waals surface area (Å²) in [4.78, 5) is 18.1. The van der Waals surface area contributed by atoms with E-state index in [-0.39, 0.29) is 6.03 Å². The Morgan fingerprint density at radius 3 is 2.79 bits per heavy atom. The number of aromatic nitrogens is 1. The van der Waals surface area contributed by atoms with E-state index in [0.29, 0.717) is 16.3 Å². The Morgan fingerprint density at radius 1 is 1.26 bits per heavy atom. The number of hydrogen-bond acceptors (Lipinski definition) is 2. The average molecular weight is 280 g/mol. The molecule has 4 nitrogen and oxygen atoms in total. The molecule has 102 valence electrons. The van der Waals surface area contributed by atoms with Crippen molar-refractivity contribution in [3.63, 3.8) is 0 Å². The second-order valence-corrected chi connectivity index (χ2v) is 6.03. The molecule has 2 fully saturated rings. The molecule has 0 radical (unpaired) electrons. The van der Waals surface area contributed by atoms with Gasteiger partial charge in [-0.3, -0.25) is 0 Å². The topological polar surface area (TPSA) is 45.2 Å². The Hall–Kier alpha value is -1.29. The predicted octanol–water partition coefficient (Wildman–Crippen LogP) is 3.53. The quantitative estimate of drug-likeness (QED) is 0.799. The lowest BCUT2D eigenvalue weighted by Crippen LogP contribution is -2.35. The van der Waals surface area contributed by atoms with Crippen LogP contribution in [0.5, 0.6) is 0 Å². The van der Waals surface area contributed by atoms with E-state index in [9.17, 15) is 4.79 Å². The highest BCUT2D eigenvalue weighted by Gasteiger charge is 2.43. The van der Waals surface area contributed by atoms with Crippen molar-refractivity contribution in [2.75, 3.05) is 18.4 Å². The summed E-state index contributed by atoms with van der Waals surface area (Å²) < 4.78 is 0. The SMILES string of the molecule is O=C(Nc1ccc(Cl)nc1)N1CCCC2(CC1)CC2. The highest BCUT2D eigenvalue weighted by Crippen LogP contribution is 2.53. The summed E-state index contributed by atoms with van der Waals surface area (Å²) in [6.07, 6.45) is 7.83. The van der Waals surface area contributed by atoms with Crippen LogP contribution in [-0.4, -0.2) is 29.0 Å². The first-order valence-electron chi connectivity index (χ1n) is 6.84. The molecule has 1 N–H and O–H groups in total. The normalized spacial score (nSPS) is 21.0. The van der Waals surface area contributed by atoms with Crippen LogP contribution >= 0.6 is 11.6 Å². The van der Waals surface area contributed by atoms with Crippen molar-refractivity contribution >= 4 is 23.3 Å². The van der Waals surface area contributed by atoms with Gasteiger partial charge in [-0.05, 0) is 49.7 Å². The fourth-order valence-corrected chi connectivity index (χ4v) is 2.90. The molecular formula is C14H18ClN3O. The molecule has 1 saturated heterocycles. The average Bonchev–Trinajstić information content (AvgIpc) is 3.20. The molecule has 1 spiro atoms. The van der Waals surface area contributed by atoms with Crippen LogP contribution in [0.1, 0.15) is 32.1 Å². The lowest BCUT2D eigenvalue weighted by atomic mass is 9.98. The molecule has 2 aliphatic rings. The second kappa shape index (κ2) is 5.00. The van der Waals surface area contributed by atoms with E-state index in [0.717, 1.165) is 25.9 Å². The summed E-state index contributed by atoms with van der Waals surface area (Å²) in [5.74, 6) is 0. The molecule has 1 aliphatic carbocycles. The number of nitrogens with one attached hydrogen (secondary N) is 1. The van der Waals surface area contributed by atoms with Crippen molar-refractivity contribution in [3.05, 3.63) is 23.5 Å². The van der Waals surface area contributed by atoms with E-state index >= 15 is 0 Å². The monoisotopic (exact) mass is 279 g/mol. The van der Waals surface area contributed by atoms with Gasteiger partial charge in [0.15, 0.2) is 0 Å². The van der Waals surface area contributed by atoms with Crippen LogP contribution in [0, 0.1) is 5.41 Å². The molecule has 1 saturated carbocycles. The van der Waals surface area contributed by atoms with E-state index in [4.69, 9.17) is 11.6 Å². The van der Waals surface area contributed by atoms with Crippen molar-refractivity contribution in [2.24, 2.45) is 5.41 Å². The first-order chi connectivity index (χ1) is 9.17. The summed E-state index contributed by atoms with van der Waals surface area (Å²) >= 11 is 5.72. The second-order valence-electron chi connectivity index (χ2n) is 5.64. The molecule has 5 heteroatoms. The van der Waals surface area contributed by atoms with Crippen LogP contribution in [0.2, 0.25) is 5.15 Å². The van der Waals surface area contributed by atoms with E-state index in [1.807, 2.05) is 4.90 Å². The molecule has 2 amide bonds. The molecule has 1 aromatic heterocycles. The van der Waals surface area contributed by atoms with E-state index in [1.54, 1.807) is 18.3 Å². The summed E-state index contributed by atoms with van der Waals surface area (Å²) in [6.45, 7) is 1.72. The predicted molar refractivity (Wildman–Crippen MR) is 75.4 cm³/mol. The Kier molecular flexibility index (Phi) is 3.35. The zero-order chi connectivity index (χ0) is 13.3. The maximum atomic E-state index is 12.2. The highest BCUT2D eigenvalue weighted by atomic mass is 35.5. The number of anilines is 1. The summed E-state index contributed by atoms with van der Waals surface area (Å²) in [5.41, 5.74) is 1.27. The minimum Gasteiger partial charge on any atom is -0.325 e. The number of carbonyl (C=O) groups is 1. The van der Waals surface area contributed by atoms with Gasteiger partial charge in [-0.15, -0.1) is 0 Å². The molecular weight excluding hydrogens is 262 g/mol. The third kappa shape index (κ3) is 3.00. The Labute approximate surface area is 118 Å². The van der Waals surface area contributed by atoms with Gasteiger partial charge in [0.2, 0.25) is 0 Å². The molecule has 0 bridgehead atoms. The molecule has 1 aromatic rings. The first kappa shape index (κ1) is 12.7. The summed E-state index contributed by atoms with van der Waals surface area (Å²) in [6, 6.07) is 3.42. The van der Waals surface area contributed by atoms with Gasteiger partial charge in [0.1, 0.15) is 5.15 Å². The fraction of sp³-hybridized carbons (Fsp3) is 0.571. The van der Waals surface area contributed by atoms with Crippen LogP contribution in [-0.2, 0) is 0 Å². The van der Waals surface area contributed by atoms with E-state index in [1.165, 1.54) is 19.3 Å². The summed E-state index contributed by atoms with van der Waals surface area (Å²) in [7, 11) is 0. The van der Waals surface area contributed by atoms with E-state index in [2.05, 4.69) is 10.3 Å². The lowest BCUT2D eigenvalue weighted by molar-refractivity contribution is 0.213. The zero-order valence-corrected chi connectivity index (χ0v) is 11.6. The minimum atomic E-state index is -0.0261. The number of carbonyl (C=O) groups excluding carboxylic acids is 1. The molecule has 19 heavy (non-hydrogen) atoms. The van der Waals surface area contributed by atoms with Gasteiger partial charge in [0.05, 0.1) is 11.9 Å². The highest BCUT2D eigenvalue weighted by molar-refractivity contribution is 6.29. The Bertz CT molecular complexity index is 470. The number of likely N-dealkylation sites (tertiary alicyclic amines) is 1. The minimum absolute atomic E-state index is 0.0261. The Balaban J connectivity index is 1.59. The van der Waals surface area contributed by atoms with Crippen LogP contribution in [0.15, 0.2) is 18.3 Å². The molecule has 0 unspecified atom stereocenters. The van der Waals surface area contributed by atoms with Crippen molar-refractivity contribution < 1.29 is 4.79 Å². The molecule has 0 atom stereocenters. The van der Waals surface area contributed by atoms with Gasteiger partial charge in [0.25, 0.3) is 0 Å². The lowest BCUT2D eigenvalue weighted by Gasteiger charge is -2.21. The third-order valence-corrected chi connectivity index (χ3v) is 4.49. The van der Waals surface area contributed by atoms with Gasteiger partial charge in [-0.2, -0.15) is 0 Å². The van der Waals surface area contributed by atoms with Crippen molar-refractivity contribution in [2.45, 2.75) is 32.1 Å². The number of amides is 2. The van der Waals surface area contributed by atoms with Gasteiger partial charge in [0, 0.05) is 13.1 Å².